The van der Waals surface area contributed by atoms with Crippen molar-refractivity contribution in [1.29, 1.82) is 0 Å². The van der Waals surface area contributed by atoms with Crippen LogP contribution in [0.5, 0.6) is 0 Å². The molecule has 1 aromatic carbocycles. The van der Waals surface area contributed by atoms with Crippen molar-refractivity contribution in [2.45, 2.75) is 40.2 Å². The summed E-state index contributed by atoms with van der Waals surface area (Å²) in [5.41, 5.74) is 3.89. The second-order valence-electron chi connectivity index (χ2n) is 5.16. The van der Waals surface area contributed by atoms with Crippen LogP contribution in [0.25, 0.3) is 0 Å². The van der Waals surface area contributed by atoms with Crippen molar-refractivity contribution in [2.24, 2.45) is 0 Å². The number of hydrogen-bond donors (Lipinski definition) is 1. The first-order valence-corrected chi connectivity index (χ1v) is 7.87. The summed E-state index contributed by atoms with van der Waals surface area (Å²) in [5, 5.41) is 3.59. The Morgan fingerprint density at radius 2 is 1.85 bits per heavy atom. The summed E-state index contributed by atoms with van der Waals surface area (Å²) >= 11 is 3.64. The van der Waals surface area contributed by atoms with E-state index in [0.29, 0.717) is 0 Å². The van der Waals surface area contributed by atoms with Crippen molar-refractivity contribution in [2.75, 3.05) is 6.54 Å². The molecule has 0 aliphatic heterocycles. The summed E-state index contributed by atoms with van der Waals surface area (Å²) in [6.45, 7) is 9.32. The van der Waals surface area contributed by atoms with Crippen molar-refractivity contribution >= 4 is 15.9 Å². The van der Waals surface area contributed by atoms with Crippen LogP contribution in [0.2, 0.25) is 0 Å². The van der Waals surface area contributed by atoms with E-state index in [1.165, 1.54) is 21.2 Å². The fourth-order valence-electron chi connectivity index (χ4n) is 2.73. The van der Waals surface area contributed by atoms with Crippen molar-refractivity contribution in [3.05, 3.63) is 56.9 Å². The summed E-state index contributed by atoms with van der Waals surface area (Å²) in [4.78, 5) is 0. The molecular weight excluding hydrogens is 314 g/mol. The summed E-state index contributed by atoms with van der Waals surface area (Å²) in [7, 11) is 0. The maximum Gasteiger partial charge on any atom is 0.106 e. The predicted molar refractivity (Wildman–Crippen MR) is 87.2 cm³/mol. The van der Waals surface area contributed by atoms with Gasteiger partial charge in [0.05, 0.1) is 0 Å². The zero-order valence-corrected chi connectivity index (χ0v) is 14.2. The van der Waals surface area contributed by atoms with Crippen molar-refractivity contribution in [3.8, 4) is 0 Å². The van der Waals surface area contributed by atoms with Gasteiger partial charge in [0.25, 0.3) is 0 Å². The van der Waals surface area contributed by atoms with E-state index in [4.69, 9.17) is 4.42 Å². The highest BCUT2D eigenvalue weighted by atomic mass is 79.9. The van der Waals surface area contributed by atoms with Crippen LogP contribution in [0.3, 0.4) is 0 Å². The van der Waals surface area contributed by atoms with Crippen LogP contribution in [0.4, 0.5) is 0 Å². The molecule has 0 saturated carbocycles. The molecule has 1 aromatic heterocycles. The monoisotopic (exact) mass is 335 g/mol. The predicted octanol–water partition coefficient (Wildman–Crippen LogP) is 4.86. The van der Waals surface area contributed by atoms with Gasteiger partial charge in [-0.1, -0.05) is 41.1 Å². The molecule has 0 spiro atoms. The summed E-state index contributed by atoms with van der Waals surface area (Å²) in [6, 6.07) is 8.69. The Balaban J connectivity index is 2.34. The molecule has 20 heavy (non-hydrogen) atoms. The van der Waals surface area contributed by atoms with Gasteiger partial charge in [0.1, 0.15) is 11.5 Å². The van der Waals surface area contributed by atoms with Gasteiger partial charge in [-0.3, -0.25) is 0 Å². The van der Waals surface area contributed by atoms with E-state index in [9.17, 15) is 0 Å². The molecule has 0 bridgehead atoms. The van der Waals surface area contributed by atoms with Gasteiger partial charge in [-0.2, -0.15) is 0 Å². The van der Waals surface area contributed by atoms with Crippen molar-refractivity contribution in [3.63, 3.8) is 0 Å². The van der Waals surface area contributed by atoms with Crippen LogP contribution in [0, 0.1) is 20.8 Å². The molecule has 1 N–H and O–H groups in total. The van der Waals surface area contributed by atoms with Crippen LogP contribution in [0.1, 0.15) is 41.2 Å². The quantitative estimate of drug-likeness (QED) is 0.843. The number of aryl methyl sites for hydroxylation is 2. The number of nitrogens with one attached hydrogen (secondary N) is 1. The minimum absolute atomic E-state index is 0.288. The molecule has 2 rings (SSSR count). The summed E-state index contributed by atoms with van der Waals surface area (Å²) < 4.78 is 6.95. The van der Waals surface area contributed by atoms with E-state index in [-0.39, 0.29) is 6.04 Å². The first kappa shape index (κ1) is 15.3. The fourth-order valence-corrected chi connectivity index (χ4v) is 3.17. The van der Waals surface area contributed by atoms with Crippen LogP contribution in [-0.2, 0) is 6.42 Å². The Hall–Kier alpha value is -1.06. The molecule has 3 heteroatoms. The first-order valence-electron chi connectivity index (χ1n) is 7.07. The SMILES string of the molecule is CCNC(Cc1ccccc1Br)c1c(C)oc(C)c1C. The molecule has 0 fully saturated rings. The summed E-state index contributed by atoms with van der Waals surface area (Å²) in [5.74, 6) is 2.05. The second-order valence-corrected chi connectivity index (χ2v) is 6.01. The van der Waals surface area contributed by atoms with E-state index in [0.717, 1.165) is 24.5 Å². The van der Waals surface area contributed by atoms with Gasteiger partial charge in [-0.05, 0) is 50.9 Å². The molecular formula is C17H22BrNO. The number of rotatable bonds is 5. The number of likely N-dealkylation sites (N-methyl/N-ethyl adjacent to an activating group) is 1. The van der Waals surface area contributed by atoms with Crippen molar-refractivity contribution < 1.29 is 4.42 Å². The Morgan fingerprint density at radius 3 is 2.40 bits per heavy atom. The molecule has 0 amide bonds. The summed E-state index contributed by atoms with van der Waals surface area (Å²) in [6.07, 6.45) is 0.954. The largest absolute Gasteiger partial charge is 0.466 e. The van der Waals surface area contributed by atoms with E-state index < -0.39 is 0 Å². The van der Waals surface area contributed by atoms with Crippen LogP contribution >= 0.6 is 15.9 Å². The molecule has 2 nitrogen and oxygen atoms in total. The molecule has 1 heterocycles. The van der Waals surface area contributed by atoms with Crippen molar-refractivity contribution in [1.82, 2.24) is 5.32 Å². The van der Waals surface area contributed by atoms with Gasteiger partial charge in [0.15, 0.2) is 0 Å². The number of hydrogen-bond acceptors (Lipinski definition) is 2. The average Bonchev–Trinajstić information content (AvgIpc) is 2.65. The number of halogens is 1. The van der Waals surface area contributed by atoms with Crippen LogP contribution in [-0.4, -0.2) is 6.54 Å². The minimum Gasteiger partial charge on any atom is -0.466 e. The zero-order chi connectivity index (χ0) is 14.7. The third kappa shape index (κ3) is 3.15. The van der Waals surface area contributed by atoms with Crippen LogP contribution in [0.15, 0.2) is 33.2 Å². The lowest BCUT2D eigenvalue weighted by Crippen LogP contribution is -2.24. The molecule has 1 atom stereocenters. The van der Waals surface area contributed by atoms with E-state index >= 15 is 0 Å². The molecule has 108 valence electrons. The lowest BCUT2D eigenvalue weighted by molar-refractivity contribution is 0.484. The van der Waals surface area contributed by atoms with E-state index in [1.807, 2.05) is 13.0 Å². The lowest BCUT2D eigenvalue weighted by Gasteiger charge is -2.19. The normalized spacial score (nSPS) is 12.7. The Kier molecular flexibility index (Phi) is 5.06. The molecule has 0 aliphatic rings. The smallest absolute Gasteiger partial charge is 0.106 e. The van der Waals surface area contributed by atoms with E-state index in [2.05, 4.69) is 60.2 Å². The van der Waals surface area contributed by atoms with Gasteiger partial charge in [0.2, 0.25) is 0 Å². The van der Waals surface area contributed by atoms with Crippen LogP contribution < -0.4 is 5.32 Å². The minimum atomic E-state index is 0.288. The number of benzene rings is 1. The Labute approximate surface area is 129 Å². The third-order valence-electron chi connectivity index (χ3n) is 3.80. The van der Waals surface area contributed by atoms with Gasteiger partial charge in [-0.15, -0.1) is 0 Å². The Bertz CT molecular complexity index is 589. The molecule has 1 unspecified atom stereocenters. The highest BCUT2D eigenvalue weighted by Crippen LogP contribution is 2.31. The average molecular weight is 336 g/mol. The molecule has 0 aliphatic carbocycles. The zero-order valence-electron chi connectivity index (χ0n) is 12.6. The van der Waals surface area contributed by atoms with Gasteiger partial charge >= 0.3 is 0 Å². The standard InChI is InChI=1S/C17H22BrNO/c1-5-19-16(10-14-8-6-7-9-15(14)18)17-11(2)12(3)20-13(17)4/h6-9,16,19H,5,10H2,1-4H3. The number of furan rings is 1. The molecule has 2 aromatic rings. The highest BCUT2D eigenvalue weighted by Gasteiger charge is 2.21. The van der Waals surface area contributed by atoms with Gasteiger partial charge in [-0.25, -0.2) is 0 Å². The molecule has 0 saturated heterocycles. The third-order valence-corrected chi connectivity index (χ3v) is 4.57. The maximum absolute atomic E-state index is 5.79. The molecule has 0 radical (unpaired) electrons. The lowest BCUT2D eigenvalue weighted by atomic mass is 9.95. The van der Waals surface area contributed by atoms with E-state index in [1.54, 1.807) is 0 Å². The maximum atomic E-state index is 5.79. The second kappa shape index (κ2) is 6.59. The Morgan fingerprint density at radius 1 is 1.15 bits per heavy atom. The van der Waals surface area contributed by atoms with Gasteiger partial charge in [0, 0.05) is 16.1 Å². The first-order chi connectivity index (χ1) is 9.54. The topological polar surface area (TPSA) is 25.2 Å². The van der Waals surface area contributed by atoms with Gasteiger partial charge < -0.3 is 9.73 Å². The highest BCUT2D eigenvalue weighted by molar-refractivity contribution is 9.10. The fraction of sp³-hybridized carbons (Fsp3) is 0.412.